The van der Waals surface area contributed by atoms with Crippen LogP contribution in [0.3, 0.4) is 0 Å². The molecule has 0 atom stereocenters. The van der Waals surface area contributed by atoms with Crippen LogP contribution in [0.2, 0.25) is 0 Å². The second-order valence-corrected chi connectivity index (χ2v) is 8.75. The standard InChI is InChI=1S/C27H27FN2OS/c1-32-24-13-8-20(9-14-24)16-17-29-27(31)15-10-22-19-30(26-5-3-2-4-25(22)26)18-21-6-11-23(28)12-7-21/h2-9,11-14,19H,10,15-18H2,1H3,(H,29,31). The van der Waals surface area contributed by atoms with Crippen LogP contribution in [-0.2, 0) is 24.2 Å². The number of para-hydroxylation sites is 1. The summed E-state index contributed by atoms with van der Waals surface area (Å²) >= 11 is 1.73. The summed E-state index contributed by atoms with van der Waals surface area (Å²) in [6.45, 7) is 1.31. The number of aromatic nitrogens is 1. The number of nitrogens with zero attached hydrogens (tertiary/aromatic N) is 1. The van der Waals surface area contributed by atoms with Gasteiger partial charge < -0.3 is 9.88 Å². The van der Waals surface area contributed by atoms with Gasteiger partial charge in [0.2, 0.25) is 5.91 Å². The number of amides is 1. The molecule has 0 unspecified atom stereocenters. The Hall–Kier alpha value is -3.05. The van der Waals surface area contributed by atoms with Gasteiger partial charge in [-0.3, -0.25) is 4.79 Å². The Morgan fingerprint density at radius 3 is 2.41 bits per heavy atom. The number of benzene rings is 3. The highest BCUT2D eigenvalue weighted by atomic mass is 32.2. The molecule has 0 saturated heterocycles. The summed E-state index contributed by atoms with van der Waals surface area (Å²) in [7, 11) is 0. The van der Waals surface area contributed by atoms with Gasteiger partial charge in [-0.25, -0.2) is 4.39 Å². The van der Waals surface area contributed by atoms with E-state index in [0.29, 0.717) is 25.9 Å². The number of carbonyl (C=O) groups is 1. The van der Waals surface area contributed by atoms with Crippen molar-refractivity contribution in [1.29, 1.82) is 0 Å². The zero-order valence-corrected chi connectivity index (χ0v) is 19.0. The molecule has 3 nitrogen and oxygen atoms in total. The van der Waals surface area contributed by atoms with Crippen LogP contribution in [0.25, 0.3) is 10.9 Å². The lowest BCUT2D eigenvalue weighted by molar-refractivity contribution is -0.121. The van der Waals surface area contributed by atoms with Crippen molar-refractivity contribution in [3.8, 4) is 0 Å². The largest absolute Gasteiger partial charge is 0.356 e. The molecule has 0 fully saturated rings. The lowest BCUT2D eigenvalue weighted by Crippen LogP contribution is -2.25. The van der Waals surface area contributed by atoms with Gasteiger partial charge in [0.05, 0.1) is 0 Å². The second kappa shape index (κ2) is 10.5. The molecular weight excluding hydrogens is 419 g/mol. The smallest absolute Gasteiger partial charge is 0.220 e. The molecule has 4 aromatic rings. The van der Waals surface area contributed by atoms with Gasteiger partial charge in [0, 0.05) is 41.5 Å². The molecule has 3 aromatic carbocycles. The Bertz CT molecular complexity index is 1180. The van der Waals surface area contributed by atoms with Crippen LogP contribution < -0.4 is 5.32 Å². The number of hydrogen-bond acceptors (Lipinski definition) is 2. The summed E-state index contributed by atoms with van der Waals surface area (Å²) in [5, 5.41) is 4.21. The molecule has 0 bridgehead atoms. The molecule has 0 aliphatic carbocycles. The van der Waals surface area contributed by atoms with Gasteiger partial charge in [0.1, 0.15) is 5.82 Å². The summed E-state index contributed by atoms with van der Waals surface area (Å²) in [6.07, 6.45) is 6.16. The lowest BCUT2D eigenvalue weighted by atomic mass is 10.1. The van der Waals surface area contributed by atoms with Crippen molar-refractivity contribution in [1.82, 2.24) is 9.88 Å². The minimum Gasteiger partial charge on any atom is -0.356 e. The van der Waals surface area contributed by atoms with Crippen molar-refractivity contribution in [3.05, 3.63) is 102 Å². The second-order valence-electron chi connectivity index (χ2n) is 7.87. The summed E-state index contributed by atoms with van der Waals surface area (Å²) in [5.74, 6) is -0.157. The van der Waals surface area contributed by atoms with Crippen LogP contribution in [0, 0.1) is 5.82 Å². The number of thioether (sulfide) groups is 1. The van der Waals surface area contributed by atoms with Gasteiger partial charge >= 0.3 is 0 Å². The van der Waals surface area contributed by atoms with Crippen molar-refractivity contribution >= 4 is 28.6 Å². The number of fused-ring (bicyclic) bond motifs is 1. The van der Waals surface area contributed by atoms with E-state index in [9.17, 15) is 9.18 Å². The van der Waals surface area contributed by atoms with Crippen molar-refractivity contribution in [2.45, 2.75) is 30.7 Å². The van der Waals surface area contributed by atoms with Crippen LogP contribution in [0.1, 0.15) is 23.1 Å². The van der Waals surface area contributed by atoms with E-state index in [4.69, 9.17) is 0 Å². The molecular formula is C27H27FN2OS. The van der Waals surface area contributed by atoms with Crippen molar-refractivity contribution in [3.63, 3.8) is 0 Å². The highest BCUT2D eigenvalue weighted by molar-refractivity contribution is 7.98. The maximum Gasteiger partial charge on any atom is 0.220 e. The number of aryl methyl sites for hydroxylation is 1. The van der Waals surface area contributed by atoms with Crippen molar-refractivity contribution < 1.29 is 9.18 Å². The van der Waals surface area contributed by atoms with E-state index in [1.54, 1.807) is 11.8 Å². The fourth-order valence-corrected chi connectivity index (χ4v) is 4.32. The van der Waals surface area contributed by atoms with E-state index < -0.39 is 0 Å². The van der Waals surface area contributed by atoms with Gasteiger partial charge in [-0.05, 0) is 66.1 Å². The van der Waals surface area contributed by atoms with E-state index >= 15 is 0 Å². The molecule has 1 amide bonds. The number of rotatable bonds is 9. The molecule has 4 rings (SSSR count). The molecule has 0 radical (unpaired) electrons. The number of halogens is 1. The SMILES string of the molecule is CSc1ccc(CCNC(=O)CCc2cn(Cc3ccc(F)cc3)c3ccccc23)cc1. The summed E-state index contributed by atoms with van der Waals surface area (Å²) in [4.78, 5) is 13.7. The average molecular weight is 447 g/mol. The first-order chi connectivity index (χ1) is 15.6. The van der Waals surface area contributed by atoms with Gasteiger partial charge in [-0.1, -0.05) is 42.5 Å². The molecule has 32 heavy (non-hydrogen) atoms. The van der Waals surface area contributed by atoms with E-state index in [1.807, 2.05) is 24.3 Å². The quantitative estimate of drug-likeness (QED) is 0.328. The first-order valence-corrected chi connectivity index (χ1v) is 12.1. The molecule has 5 heteroatoms. The topological polar surface area (TPSA) is 34.0 Å². The number of nitrogens with one attached hydrogen (secondary N) is 1. The van der Waals surface area contributed by atoms with Gasteiger partial charge in [-0.15, -0.1) is 11.8 Å². The van der Waals surface area contributed by atoms with E-state index in [1.165, 1.54) is 22.6 Å². The predicted molar refractivity (Wildman–Crippen MR) is 131 cm³/mol. The van der Waals surface area contributed by atoms with Crippen LogP contribution in [-0.4, -0.2) is 23.3 Å². The third-order valence-corrected chi connectivity index (χ3v) is 6.40. The predicted octanol–water partition coefficient (Wildman–Crippen LogP) is 5.84. The molecule has 0 aliphatic rings. The van der Waals surface area contributed by atoms with Gasteiger partial charge in [0.15, 0.2) is 0 Å². The average Bonchev–Trinajstić information content (AvgIpc) is 3.17. The normalized spacial score (nSPS) is 11.1. The van der Waals surface area contributed by atoms with E-state index in [-0.39, 0.29) is 11.7 Å². The minimum absolute atomic E-state index is 0.0705. The van der Waals surface area contributed by atoms with Gasteiger partial charge in [-0.2, -0.15) is 0 Å². The lowest BCUT2D eigenvalue weighted by Gasteiger charge is -2.06. The highest BCUT2D eigenvalue weighted by Gasteiger charge is 2.11. The fourth-order valence-electron chi connectivity index (χ4n) is 3.91. The zero-order valence-electron chi connectivity index (χ0n) is 18.2. The summed E-state index contributed by atoms with van der Waals surface area (Å²) < 4.78 is 15.4. The maximum atomic E-state index is 13.2. The minimum atomic E-state index is -0.227. The Balaban J connectivity index is 1.35. The Labute approximate surface area is 192 Å². The summed E-state index contributed by atoms with van der Waals surface area (Å²) in [6, 6.07) is 23.3. The molecule has 0 aliphatic heterocycles. The van der Waals surface area contributed by atoms with E-state index in [2.05, 4.69) is 58.7 Å². The Morgan fingerprint density at radius 1 is 0.938 bits per heavy atom. The first kappa shape index (κ1) is 22.2. The highest BCUT2D eigenvalue weighted by Crippen LogP contribution is 2.24. The number of carbonyl (C=O) groups excluding carboxylic acids is 1. The van der Waals surface area contributed by atoms with Crippen LogP contribution in [0.15, 0.2) is 83.9 Å². The monoisotopic (exact) mass is 446 g/mol. The summed E-state index contributed by atoms with van der Waals surface area (Å²) in [5.41, 5.74) is 4.56. The third kappa shape index (κ3) is 5.60. The molecule has 1 N–H and O–H groups in total. The van der Waals surface area contributed by atoms with Gasteiger partial charge in [0.25, 0.3) is 0 Å². The van der Waals surface area contributed by atoms with E-state index in [0.717, 1.165) is 28.5 Å². The van der Waals surface area contributed by atoms with Crippen LogP contribution in [0.5, 0.6) is 0 Å². The molecule has 164 valence electrons. The Morgan fingerprint density at radius 2 is 1.66 bits per heavy atom. The van der Waals surface area contributed by atoms with Crippen LogP contribution in [0.4, 0.5) is 4.39 Å². The van der Waals surface area contributed by atoms with Crippen molar-refractivity contribution in [2.75, 3.05) is 12.8 Å². The Kier molecular flexibility index (Phi) is 7.28. The molecule has 1 aromatic heterocycles. The number of hydrogen-bond donors (Lipinski definition) is 1. The molecule has 0 saturated carbocycles. The van der Waals surface area contributed by atoms with Crippen LogP contribution >= 0.6 is 11.8 Å². The molecule has 0 spiro atoms. The fraction of sp³-hybridized carbons (Fsp3) is 0.222. The first-order valence-electron chi connectivity index (χ1n) is 10.8. The molecule has 1 heterocycles. The third-order valence-electron chi connectivity index (χ3n) is 5.65. The zero-order chi connectivity index (χ0) is 22.3. The maximum absolute atomic E-state index is 13.2. The van der Waals surface area contributed by atoms with Crippen molar-refractivity contribution in [2.24, 2.45) is 0 Å².